The van der Waals surface area contributed by atoms with E-state index in [-0.39, 0.29) is 0 Å². The number of hydrogen-bond acceptors (Lipinski definition) is 1. The molecule has 0 aromatic heterocycles. The summed E-state index contributed by atoms with van der Waals surface area (Å²) < 4.78 is 0. The number of nitrogens with two attached hydrogens (primary N) is 1. The van der Waals surface area contributed by atoms with Crippen molar-refractivity contribution < 1.29 is 5.48 Å². The van der Waals surface area contributed by atoms with E-state index in [1.807, 2.05) is 0 Å². The lowest BCUT2D eigenvalue weighted by atomic mass is 9.99. The maximum absolute atomic E-state index is 11.5. The van der Waals surface area contributed by atoms with Crippen LogP contribution in [-0.2, 0) is 0 Å². The Morgan fingerprint density at radius 1 is 0.308 bits per heavy atom. The van der Waals surface area contributed by atoms with E-state index in [0.29, 0.717) is 6.04 Å². The fourth-order valence-electron chi connectivity index (χ4n) is 6.09. The predicted molar refractivity (Wildman–Crippen MR) is 177 cm³/mol. The summed E-state index contributed by atoms with van der Waals surface area (Å²) in [6.07, 6.45) is 41.8. The molecule has 0 bridgehead atoms. The van der Waals surface area contributed by atoms with Crippen molar-refractivity contribution in [2.24, 2.45) is 11.8 Å². The Morgan fingerprint density at radius 2 is 0.487 bits per heavy atom. The monoisotopic (exact) mass is 552 g/mol. The first-order chi connectivity index (χ1) is 19.1. The molecule has 0 aromatic rings. The third-order valence-corrected chi connectivity index (χ3v) is 8.91. The highest BCUT2D eigenvalue weighted by Gasteiger charge is 2.07. The first kappa shape index (κ1) is 38.9. The van der Waals surface area contributed by atoms with E-state index >= 15 is 0 Å². The van der Waals surface area contributed by atoms with Crippen LogP contribution >= 0.6 is 0 Å². The minimum atomic E-state index is 0.334. The number of hydrogen-bond donors (Lipinski definition) is 1. The van der Waals surface area contributed by atoms with Crippen molar-refractivity contribution in [2.75, 3.05) is 0 Å². The van der Waals surface area contributed by atoms with E-state index in [1.165, 1.54) is 185 Å². The molecule has 0 fully saturated rings. The van der Waals surface area contributed by atoms with Crippen LogP contribution in [0.4, 0.5) is 0 Å². The quantitative estimate of drug-likeness (QED) is 0.0639. The smallest absolute Gasteiger partial charge is 0.0856 e. The second-order valence-electron chi connectivity index (χ2n) is 14.0. The van der Waals surface area contributed by atoms with Gasteiger partial charge in [-0.3, -0.25) is 0 Å². The SMILES string of the molecule is CC(C)CCCCCCCCCCCCCCCC(CCCCCCCCCCCCCCCC(C)C)[NH2+][O-]. The van der Waals surface area contributed by atoms with Gasteiger partial charge in [0.25, 0.3) is 0 Å². The molecule has 39 heavy (non-hydrogen) atoms. The van der Waals surface area contributed by atoms with Crippen molar-refractivity contribution in [1.82, 2.24) is 0 Å². The van der Waals surface area contributed by atoms with Gasteiger partial charge in [0.1, 0.15) is 0 Å². The van der Waals surface area contributed by atoms with Gasteiger partial charge >= 0.3 is 0 Å². The van der Waals surface area contributed by atoms with E-state index in [0.717, 1.165) is 24.7 Å². The highest BCUT2D eigenvalue weighted by atomic mass is 16.5. The number of hydroxylamine groups is 1. The standard InChI is InChI=1S/C37H77NO/c1-35(2)31-27-23-19-15-11-7-5-9-13-17-21-25-29-33-37(38-39)34-30-26-22-18-14-10-6-8-12-16-20-24-28-32-36(3)4/h35-37H,5-34,38H2,1-4H3. The average molecular weight is 552 g/mol. The lowest BCUT2D eigenvalue weighted by molar-refractivity contribution is -0.629. The Hall–Kier alpha value is -0.0800. The van der Waals surface area contributed by atoms with Gasteiger partial charge in [-0.05, 0) is 37.5 Å². The third-order valence-electron chi connectivity index (χ3n) is 8.91. The van der Waals surface area contributed by atoms with Gasteiger partial charge in [-0.15, -0.1) is 0 Å². The minimum absolute atomic E-state index is 0.334. The van der Waals surface area contributed by atoms with Gasteiger partial charge in [0.15, 0.2) is 0 Å². The molecular weight excluding hydrogens is 474 g/mol. The van der Waals surface area contributed by atoms with E-state index < -0.39 is 0 Å². The fourth-order valence-corrected chi connectivity index (χ4v) is 6.09. The zero-order valence-electron chi connectivity index (χ0n) is 27.9. The van der Waals surface area contributed by atoms with Gasteiger partial charge in [0, 0.05) is 0 Å². The molecule has 0 aliphatic heterocycles. The van der Waals surface area contributed by atoms with Crippen LogP contribution in [0, 0.1) is 17.0 Å². The molecule has 0 heterocycles. The van der Waals surface area contributed by atoms with Gasteiger partial charge < -0.3 is 10.7 Å². The van der Waals surface area contributed by atoms with Crippen LogP contribution in [0.1, 0.15) is 220 Å². The first-order valence-corrected chi connectivity index (χ1v) is 18.5. The fraction of sp³-hybridized carbons (Fsp3) is 1.00. The van der Waals surface area contributed by atoms with Gasteiger partial charge in [-0.25, -0.2) is 0 Å². The predicted octanol–water partition coefficient (Wildman–Crippen LogP) is 12.4. The zero-order valence-corrected chi connectivity index (χ0v) is 27.9. The molecule has 0 amide bonds. The van der Waals surface area contributed by atoms with Crippen LogP contribution in [0.2, 0.25) is 0 Å². The van der Waals surface area contributed by atoms with Crippen molar-refractivity contribution in [1.29, 1.82) is 0 Å². The van der Waals surface area contributed by atoms with Crippen LogP contribution in [-0.4, -0.2) is 6.04 Å². The molecule has 0 aromatic carbocycles. The summed E-state index contributed by atoms with van der Waals surface area (Å²) in [6, 6.07) is 0.334. The lowest BCUT2D eigenvalue weighted by Crippen LogP contribution is -2.84. The number of unbranched alkanes of at least 4 members (excludes halogenated alkanes) is 24. The Kier molecular flexibility index (Phi) is 32.4. The van der Waals surface area contributed by atoms with Crippen molar-refractivity contribution in [3.8, 4) is 0 Å². The normalized spacial score (nSPS) is 12.0. The summed E-state index contributed by atoms with van der Waals surface area (Å²) in [7, 11) is 0. The van der Waals surface area contributed by atoms with Gasteiger partial charge in [0.05, 0.1) is 6.04 Å². The summed E-state index contributed by atoms with van der Waals surface area (Å²) in [5.74, 6) is 1.76. The van der Waals surface area contributed by atoms with E-state index in [4.69, 9.17) is 0 Å². The van der Waals surface area contributed by atoms with E-state index in [1.54, 1.807) is 0 Å². The minimum Gasteiger partial charge on any atom is -0.636 e. The third kappa shape index (κ3) is 34.0. The average Bonchev–Trinajstić information content (AvgIpc) is 2.91. The van der Waals surface area contributed by atoms with Gasteiger partial charge in [0.2, 0.25) is 0 Å². The lowest BCUT2D eigenvalue weighted by Gasteiger charge is -2.17. The molecule has 2 heteroatoms. The first-order valence-electron chi connectivity index (χ1n) is 18.5. The molecule has 0 saturated carbocycles. The summed E-state index contributed by atoms with van der Waals surface area (Å²) in [4.78, 5) is 0. The topological polar surface area (TPSA) is 39.7 Å². The number of quaternary nitrogens is 1. The van der Waals surface area contributed by atoms with Crippen LogP contribution in [0.5, 0.6) is 0 Å². The van der Waals surface area contributed by atoms with Gasteiger partial charge in [-0.2, -0.15) is 0 Å². The van der Waals surface area contributed by atoms with E-state index in [9.17, 15) is 5.21 Å². The molecule has 0 aliphatic carbocycles. The van der Waals surface area contributed by atoms with Crippen LogP contribution in [0.15, 0.2) is 0 Å². The molecule has 0 spiro atoms. The molecular formula is C37H77NO. The maximum atomic E-state index is 11.5. The molecule has 2 nitrogen and oxygen atoms in total. The summed E-state index contributed by atoms with van der Waals surface area (Å²) in [5.41, 5.74) is 1.26. The van der Waals surface area contributed by atoms with Crippen LogP contribution < -0.4 is 5.48 Å². The van der Waals surface area contributed by atoms with Crippen molar-refractivity contribution in [3.63, 3.8) is 0 Å². The molecule has 0 unspecified atom stereocenters. The summed E-state index contributed by atoms with van der Waals surface area (Å²) in [5, 5.41) is 11.5. The highest BCUT2D eigenvalue weighted by molar-refractivity contribution is 4.58. The molecule has 0 radical (unpaired) electrons. The Bertz CT molecular complexity index is 397. The zero-order chi connectivity index (χ0) is 28.7. The Balaban J connectivity index is 3.27. The molecule has 2 N–H and O–H groups in total. The summed E-state index contributed by atoms with van der Waals surface area (Å²) in [6.45, 7) is 9.35. The Morgan fingerprint density at radius 3 is 0.667 bits per heavy atom. The molecule has 0 aliphatic rings. The second-order valence-corrected chi connectivity index (χ2v) is 14.0. The molecule has 0 atom stereocenters. The number of rotatable bonds is 33. The van der Waals surface area contributed by atoms with Crippen molar-refractivity contribution >= 4 is 0 Å². The maximum Gasteiger partial charge on any atom is 0.0856 e. The van der Waals surface area contributed by atoms with Crippen LogP contribution in [0.3, 0.4) is 0 Å². The Labute approximate surface area is 248 Å². The molecule has 0 saturated heterocycles. The largest absolute Gasteiger partial charge is 0.636 e. The van der Waals surface area contributed by atoms with E-state index in [2.05, 4.69) is 27.7 Å². The summed E-state index contributed by atoms with van der Waals surface area (Å²) >= 11 is 0. The molecule has 0 rings (SSSR count). The highest BCUT2D eigenvalue weighted by Crippen LogP contribution is 2.17. The second kappa shape index (κ2) is 32.4. The van der Waals surface area contributed by atoms with Crippen molar-refractivity contribution in [2.45, 2.75) is 226 Å². The molecule has 236 valence electrons. The van der Waals surface area contributed by atoms with Gasteiger partial charge in [-0.1, -0.05) is 195 Å². The van der Waals surface area contributed by atoms with Crippen molar-refractivity contribution in [3.05, 3.63) is 5.21 Å². The van der Waals surface area contributed by atoms with Crippen LogP contribution in [0.25, 0.3) is 0 Å².